The van der Waals surface area contributed by atoms with E-state index in [1.165, 1.54) is 0 Å². The summed E-state index contributed by atoms with van der Waals surface area (Å²) >= 11 is 0. The zero-order chi connectivity index (χ0) is 24.1. The van der Waals surface area contributed by atoms with Gasteiger partial charge in [-0.15, -0.1) is 0 Å². The molecule has 3 aromatic rings. The van der Waals surface area contributed by atoms with Crippen molar-refractivity contribution >= 4 is 34.5 Å². The van der Waals surface area contributed by atoms with Gasteiger partial charge >= 0.3 is 0 Å². The maximum Gasteiger partial charge on any atom is 0.240 e. The molecule has 1 aromatic heterocycles. The van der Waals surface area contributed by atoms with Gasteiger partial charge in [-0.05, 0) is 18.2 Å². The van der Waals surface area contributed by atoms with Crippen LogP contribution in [0.1, 0.15) is 11.6 Å². The van der Waals surface area contributed by atoms with Crippen LogP contribution in [-0.2, 0) is 4.79 Å². The van der Waals surface area contributed by atoms with Gasteiger partial charge in [0.2, 0.25) is 5.91 Å². The number of carbonyl (C=O) groups is 1. The van der Waals surface area contributed by atoms with Crippen molar-refractivity contribution in [3.8, 4) is 11.5 Å². The number of likely N-dealkylation sites (N-methyl/N-ethyl adjacent to an activating group) is 1. The lowest BCUT2D eigenvalue weighted by atomic mass is 10.1. The van der Waals surface area contributed by atoms with Crippen molar-refractivity contribution in [2.75, 3.05) is 52.3 Å². The molecule has 34 heavy (non-hydrogen) atoms. The minimum Gasteiger partial charge on any atom is -0.497 e. The van der Waals surface area contributed by atoms with Gasteiger partial charge < -0.3 is 25.4 Å². The van der Waals surface area contributed by atoms with Crippen molar-refractivity contribution in [2.24, 2.45) is 10.8 Å². The lowest BCUT2D eigenvalue weighted by molar-refractivity contribution is -0.119. The van der Waals surface area contributed by atoms with Gasteiger partial charge in [-0.3, -0.25) is 14.8 Å². The van der Waals surface area contributed by atoms with Crippen LogP contribution in [0.4, 0.5) is 11.4 Å². The Labute approximate surface area is 198 Å². The van der Waals surface area contributed by atoms with E-state index in [2.05, 4.69) is 15.4 Å². The summed E-state index contributed by atoms with van der Waals surface area (Å²) < 4.78 is 10.9. The molecule has 178 valence electrons. The van der Waals surface area contributed by atoms with Gasteiger partial charge in [-0.25, -0.2) is 4.98 Å². The lowest BCUT2D eigenvalue weighted by Crippen LogP contribution is -2.37. The number of rotatable bonds is 9. The van der Waals surface area contributed by atoms with Crippen molar-refractivity contribution in [1.29, 1.82) is 0 Å². The fourth-order valence-electron chi connectivity index (χ4n) is 3.79. The number of hydrogen-bond donors (Lipinski definition) is 2. The van der Waals surface area contributed by atoms with Crippen LogP contribution in [0.2, 0.25) is 0 Å². The second-order valence-electron chi connectivity index (χ2n) is 7.97. The SMILES string of the molecule is COc1cc(OC)cc(N(CC(=O)NCCN)c2ccc3ncc(C4C=NN(C)C4)nc3c2)c1. The number of amides is 1. The summed E-state index contributed by atoms with van der Waals surface area (Å²) in [5, 5.41) is 9.02. The molecule has 1 amide bonds. The fourth-order valence-corrected chi connectivity index (χ4v) is 3.79. The normalized spacial score (nSPS) is 14.9. The van der Waals surface area contributed by atoms with Crippen LogP contribution < -0.4 is 25.4 Å². The molecule has 0 aliphatic carbocycles. The number of fused-ring (bicyclic) bond motifs is 1. The minimum absolute atomic E-state index is 0.0784. The Bertz CT molecular complexity index is 1180. The first kappa shape index (κ1) is 23.2. The standard InChI is InChI=1S/C24H29N7O3/c1-30-14-16(12-28-30)23-13-27-21-5-4-17(10-22(21)29-23)31(15-24(32)26-7-6-25)18-8-19(33-2)11-20(9-18)34-3/h4-5,8-13,16H,6-7,14-15,25H2,1-3H3,(H,26,32). The summed E-state index contributed by atoms with van der Waals surface area (Å²) in [4.78, 5) is 24.0. The quantitative estimate of drug-likeness (QED) is 0.494. The smallest absolute Gasteiger partial charge is 0.240 e. The summed E-state index contributed by atoms with van der Waals surface area (Å²) in [6.45, 7) is 1.61. The topological polar surface area (TPSA) is 118 Å². The Morgan fingerprint density at radius 3 is 2.56 bits per heavy atom. The average Bonchev–Trinajstić information content (AvgIpc) is 3.31. The number of hydrogen-bond acceptors (Lipinski definition) is 9. The summed E-state index contributed by atoms with van der Waals surface area (Å²) in [5.74, 6) is 1.17. The predicted octanol–water partition coefficient (Wildman–Crippen LogP) is 1.87. The highest BCUT2D eigenvalue weighted by Gasteiger charge is 2.20. The van der Waals surface area contributed by atoms with Gasteiger partial charge in [-0.2, -0.15) is 5.10 Å². The van der Waals surface area contributed by atoms with Crippen LogP contribution in [0.5, 0.6) is 11.5 Å². The molecule has 3 N–H and O–H groups in total. The van der Waals surface area contributed by atoms with E-state index in [-0.39, 0.29) is 18.4 Å². The highest BCUT2D eigenvalue weighted by Crippen LogP contribution is 2.34. The monoisotopic (exact) mass is 463 g/mol. The maximum absolute atomic E-state index is 12.7. The molecular formula is C24H29N7O3. The molecule has 1 aliphatic rings. The van der Waals surface area contributed by atoms with E-state index in [1.54, 1.807) is 26.5 Å². The largest absolute Gasteiger partial charge is 0.497 e. The highest BCUT2D eigenvalue weighted by molar-refractivity contribution is 5.87. The molecular weight excluding hydrogens is 434 g/mol. The summed E-state index contributed by atoms with van der Waals surface area (Å²) in [7, 11) is 5.11. The van der Waals surface area contributed by atoms with E-state index in [0.717, 1.165) is 34.6 Å². The van der Waals surface area contributed by atoms with Crippen molar-refractivity contribution < 1.29 is 14.3 Å². The van der Waals surface area contributed by atoms with E-state index in [1.807, 2.05) is 53.5 Å². The Kier molecular flexibility index (Phi) is 7.07. The van der Waals surface area contributed by atoms with E-state index in [9.17, 15) is 4.79 Å². The van der Waals surface area contributed by atoms with E-state index in [0.29, 0.717) is 24.6 Å². The number of benzene rings is 2. The predicted molar refractivity (Wildman–Crippen MR) is 132 cm³/mol. The number of nitrogens with two attached hydrogens (primary N) is 1. The molecule has 10 nitrogen and oxygen atoms in total. The van der Waals surface area contributed by atoms with E-state index < -0.39 is 0 Å². The summed E-state index contributed by atoms with van der Waals surface area (Å²) in [6, 6.07) is 11.3. The Morgan fingerprint density at radius 1 is 1.15 bits per heavy atom. The van der Waals surface area contributed by atoms with Crippen LogP contribution >= 0.6 is 0 Å². The second kappa shape index (κ2) is 10.3. The first-order chi connectivity index (χ1) is 16.5. The van der Waals surface area contributed by atoms with Crippen molar-refractivity contribution in [2.45, 2.75) is 5.92 Å². The Hall–Kier alpha value is -3.92. The van der Waals surface area contributed by atoms with Crippen LogP contribution in [0.25, 0.3) is 11.0 Å². The summed E-state index contributed by atoms with van der Waals surface area (Å²) in [5.41, 5.74) is 9.44. The third-order valence-corrected chi connectivity index (χ3v) is 5.56. The zero-order valence-electron chi connectivity index (χ0n) is 19.6. The second-order valence-corrected chi connectivity index (χ2v) is 7.97. The molecule has 1 aliphatic heterocycles. The van der Waals surface area contributed by atoms with E-state index in [4.69, 9.17) is 20.2 Å². The molecule has 0 fully saturated rings. The molecule has 0 saturated heterocycles. The zero-order valence-corrected chi connectivity index (χ0v) is 19.6. The molecule has 0 spiro atoms. The minimum atomic E-state index is -0.155. The van der Waals surface area contributed by atoms with Crippen molar-refractivity contribution in [1.82, 2.24) is 20.3 Å². The molecule has 2 aromatic carbocycles. The summed E-state index contributed by atoms with van der Waals surface area (Å²) in [6.07, 6.45) is 3.68. The average molecular weight is 464 g/mol. The number of aromatic nitrogens is 2. The number of nitrogens with zero attached hydrogens (tertiary/aromatic N) is 5. The van der Waals surface area contributed by atoms with E-state index >= 15 is 0 Å². The van der Waals surface area contributed by atoms with Gasteiger partial charge in [0.1, 0.15) is 18.0 Å². The molecule has 1 atom stereocenters. The van der Waals surface area contributed by atoms with Gasteiger partial charge in [0.15, 0.2) is 0 Å². The van der Waals surface area contributed by atoms with Crippen molar-refractivity contribution in [3.05, 3.63) is 48.3 Å². The molecule has 10 heteroatoms. The molecule has 0 saturated carbocycles. The van der Waals surface area contributed by atoms with Gasteiger partial charge in [0.05, 0.1) is 36.9 Å². The third kappa shape index (κ3) is 5.18. The Morgan fingerprint density at radius 2 is 1.91 bits per heavy atom. The van der Waals surface area contributed by atoms with Crippen LogP contribution in [0, 0.1) is 0 Å². The number of hydrazone groups is 1. The molecule has 0 bridgehead atoms. The van der Waals surface area contributed by atoms with Crippen molar-refractivity contribution in [3.63, 3.8) is 0 Å². The number of methoxy groups -OCH3 is 2. The number of nitrogens with one attached hydrogen (secondary N) is 1. The number of ether oxygens (including phenoxy) is 2. The maximum atomic E-state index is 12.7. The fraction of sp³-hybridized carbons (Fsp3) is 0.333. The Balaban J connectivity index is 1.74. The highest BCUT2D eigenvalue weighted by atomic mass is 16.5. The molecule has 2 heterocycles. The lowest BCUT2D eigenvalue weighted by Gasteiger charge is -2.25. The first-order valence-electron chi connectivity index (χ1n) is 11.0. The van der Waals surface area contributed by atoms with Gasteiger partial charge in [0.25, 0.3) is 0 Å². The molecule has 1 unspecified atom stereocenters. The van der Waals surface area contributed by atoms with Gasteiger partial charge in [-0.1, -0.05) is 0 Å². The molecule has 4 rings (SSSR count). The van der Waals surface area contributed by atoms with Crippen LogP contribution in [0.15, 0.2) is 47.7 Å². The molecule has 0 radical (unpaired) electrons. The third-order valence-electron chi connectivity index (χ3n) is 5.56. The number of carbonyl (C=O) groups excluding carboxylic acids is 1. The first-order valence-corrected chi connectivity index (χ1v) is 11.0. The van der Waals surface area contributed by atoms with Crippen LogP contribution in [-0.4, -0.2) is 74.5 Å². The van der Waals surface area contributed by atoms with Crippen LogP contribution in [0.3, 0.4) is 0 Å². The van der Waals surface area contributed by atoms with Gasteiger partial charge in [0, 0.05) is 68.7 Å². The number of anilines is 2.